The van der Waals surface area contributed by atoms with E-state index in [2.05, 4.69) is 85.0 Å². The van der Waals surface area contributed by atoms with Crippen molar-refractivity contribution in [3.8, 4) is 11.5 Å². The molecule has 2 nitrogen and oxygen atoms in total. The van der Waals surface area contributed by atoms with E-state index >= 15 is 0 Å². The molecule has 0 radical (unpaired) electrons. The Morgan fingerprint density at radius 1 is 0.457 bits per heavy atom. The molecule has 6 aromatic rings. The van der Waals surface area contributed by atoms with Crippen molar-refractivity contribution in [1.82, 2.24) is 0 Å². The molecule has 0 heterocycles. The zero-order valence-corrected chi connectivity index (χ0v) is 18.8. The van der Waals surface area contributed by atoms with Gasteiger partial charge in [-0.15, -0.1) is 0 Å². The second-order valence-corrected chi connectivity index (χ2v) is 9.76. The molecule has 2 aliphatic rings. The molecule has 1 spiro atoms. The summed E-state index contributed by atoms with van der Waals surface area (Å²) in [7, 11) is 0. The molecular formula is C33H20O2. The topological polar surface area (TPSA) is 40.5 Å². The number of phenolic OH excluding ortho intramolecular Hbond substituents is 2. The normalized spacial score (nSPS) is 15.1. The van der Waals surface area contributed by atoms with Crippen LogP contribution in [0.15, 0.2) is 97.1 Å². The van der Waals surface area contributed by atoms with E-state index < -0.39 is 5.41 Å². The maximum absolute atomic E-state index is 11.7. The van der Waals surface area contributed by atoms with E-state index in [1.54, 1.807) is 0 Å². The Morgan fingerprint density at radius 2 is 0.857 bits per heavy atom. The first-order valence-corrected chi connectivity index (χ1v) is 11.9. The fourth-order valence-electron chi connectivity index (χ4n) is 6.28. The lowest BCUT2D eigenvalue weighted by atomic mass is 9.75. The molecule has 0 atom stereocenters. The van der Waals surface area contributed by atoms with Gasteiger partial charge in [0.25, 0.3) is 0 Å². The smallest absolute Gasteiger partial charge is 0.128 e. The van der Waals surface area contributed by atoms with Crippen molar-refractivity contribution in [2.24, 2.45) is 0 Å². The lowest BCUT2D eigenvalue weighted by Crippen LogP contribution is -2.19. The van der Waals surface area contributed by atoms with Crippen molar-refractivity contribution < 1.29 is 10.2 Å². The third-order valence-electron chi connectivity index (χ3n) is 7.90. The minimum atomic E-state index is -0.696. The Hall–Kier alpha value is -4.56. The molecule has 0 saturated carbocycles. The maximum Gasteiger partial charge on any atom is 0.128 e. The monoisotopic (exact) mass is 448 g/mol. The SMILES string of the molecule is Oc1c2c(cc3cc4ccccc4cc13)C=CC21C=Cc2cc3cc4ccccc4cc3c(O)c21. The van der Waals surface area contributed by atoms with Crippen LogP contribution in [0.5, 0.6) is 11.5 Å². The van der Waals surface area contributed by atoms with Crippen LogP contribution in [0.25, 0.3) is 55.2 Å². The summed E-state index contributed by atoms with van der Waals surface area (Å²) >= 11 is 0. The first-order valence-electron chi connectivity index (χ1n) is 11.9. The quantitative estimate of drug-likeness (QED) is 0.231. The fourth-order valence-corrected chi connectivity index (χ4v) is 6.28. The van der Waals surface area contributed by atoms with Crippen LogP contribution in [-0.2, 0) is 5.41 Å². The summed E-state index contributed by atoms with van der Waals surface area (Å²) in [5.74, 6) is 0.563. The van der Waals surface area contributed by atoms with Gasteiger partial charge in [0, 0.05) is 21.9 Å². The highest BCUT2D eigenvalue weighted by Gasteiger charge is 2.43. The number of rotatable bonds is 0. The van der Waals surface area contributed by atoms with Gasteiger partial charge in [-0.05, 0) is 79.8 Å². The molecule has 2 N–H and O–H groups in total. The summed E-state index contributed by atoms with van der Waals surface area (Å²) < 4.78 is 0. The van der Waals surface area contributed by atoms with Crippen LogP contribution in [0.4, 0.5) is 0 Å². The highest BCUT2D eigenvalue weighted by atomic mass is 16.3. The Kier molecular flexibility index (Phi) is 3.39. The van der Waals surface area contributed by atoms with E-state index in [0.717, 1.165) is 65.3 Å². The minimum Gasteiger partial charge on any atom is -0.507 e. The summed E-state index contributed by atoms with van der Waals surface area (Å²) in [4.78, 5) is 0. The van der Waals surface area contributed by atoms with Gasteiger partial charge in [-0.2, -0.15) is 0 Å². The molecule has 2 heteroatoms. The zero-order chi connectivity index (χ0) is 23.3. The third kappa shape index (κ3) is 2.33. The summed E-state index contributed by atoms with van der Waals surface area (Å²) in [6, 6.07) is 29.2. The molecule has 0 unspecified atom stereocenters. The highest BCUT2D eigenvalue weighted by molar-refractivity contribution is 6.06. The Morgan fingerprint density at radius 3 is 1.29 bits per heavy atom. The van der Waals surface area contributed by atoms with Crippen molar-refractivity contribution in [2.45, 2.75) is 5.41 Å². The molecule has 8 rings (SSSR count). The molecule has 0 fully saturated rings. The average molecular weight is 449 g/mol. The van der Waals surface area contributed by atoms with Gasteiger partial charge in [0.1, 0.15) is 11.5 Å². The van der Waals surface area contributed by atoms with E-state index in [1.807, 2.05) is 24.3 Å². The van der Waals surface area contributed by atoms with E-state index in [-0.39, 0.29) is 11.5 Å². The van der Waals surface area contributed by atoms with Gasteiger partial charge >= 0.3 is 0 Å². The first-order chi connectivity index (χ1) is 17.1. The molecule has 35 heavy (non-hydrogen) atoms. The second-order valence-electron chi connectivity index (χ2n) is 9.76. The van der Waals surface area contributed by atoms with E-state index in [9.17, 15) is 10.2 Å². The number of aromatic hydroxyl groups is 2. The summed E-state index contributed by atoms with van der Waals surface area (Å²) in [5.41, 5.74) is 2.96. The standard InChI is InChI=1S/C33H20O2/c34-31-27-17-21-7-3-1-5-19(21)13-25(27)15-23-9-11-33(29(23)31)12-10-24-16-26-14-20-6-2-4-8-22(20)18-28(26)32(35)30(24)33/h1-18,34-35H. The van der Waals surface area contributed by atoms with Crippen LogP contribution in [0.2, 0.25) is 0 Å². The number of allylic oxidation sites excluding steroid dienone is 2. The predicted octanol–water partition coefficient (Wildman–Crippen LogP) is 8.05. The molecule has 0 aromatic heterocycles. The van der Waals surface area contributed by atoms with Crippen molar-refractivity contribution in [1.29, 1.82) is 0 Å². The summed E-state index contributed by atoms with van der Waals surface area (Å²) in [6.45, 7) is 0. The van der Waals surface area contributed by atoms with Gasteiger partial charge in [0.2, 0.25) is 0 Å². The largest absolute Gasteiger partial charge is 0.507 e. The number of hydrogen-bond donors (Lipinski definition) is 2. The summed E-state index contributed by atoms with van der Waals surface area (Å²) in [6.07, 6.45) is 8.39. The Balaban J connectivity index is 1.43. The van der Waals surface area contributed by atoms with Crippen LogP contribution >= 0.6 is 0 Å². The average Bonchev–Trinajstić information content (AvgIpc) is 3.43. The predicted molar refractivity (Wildman–Crippen MR) is 145 cm³/mol. The molecule has 2 aliphatic carbocycles. The molecule has 164 valence electrons. The van der Waals surface area contributed by atoms with E-state index in [4.69, 9.17) is 0 Å². The number of benzene rings is 6. The lowest BCUT2D eigenvalue weighted by Gasteiger charge is -2.27. The molecule has 0 aliphatic heterocycles. The lowest BCUT2D eigenvalue weighted by molar-refractivity contribution is 0.459. The van der Waals surface area contributed by atoms with Crippen molar-refractivity contribution >= 4 is 55.2 Å². The van der Waals surface area contributed by atoms with Gasteiger partial charge in [-0.1, -0.05) is 72.8 Å². The van der Waals surface area contributed by atoms with Crippen molar-refractivity contribution in [2.75, 3.05) is 0 Å². The van der Waals surface area contributed by atoms with Crippen molar-refractivity contribution in [3.05, 3.63) is 119 Å². The molecule has 0 amide bonds. The third-order valence-corrected chi connectivity index (χ3v) is 7.90. The molecule has 6 aromatic carbocycles. The number of hydrogen-bond acceptors (Lipinski definition) is 2. The van der Waals surface area contributed by atoms with Crippen LogP contribution < -0.4 is 0 Å². The van der Waals surface area contributed by atoms with E-state index in [0.29, 0.717) is 0 Å². The van der Waals surface area contributed by atoms with Crippen molar-refractivity contribution in [3.63, 3.8) is 0 Å². The Labute approximate surface area is 201 Å². The molecule has 0 saturated heterocycles. The van der Waals surface area contributed by atoms with Gasteiger partial charge < -0.3 is 10.2 Å². The second kappa shape index (κ2) is 6.31. The minimum absolute atomic E-state index is 0.281. The Bertz CT molecular complexity index is 1830. The van der Waals surface area contributed by atoms with Gasteiger partial charge in [-0.3, -0.25) is 0 Å². The van der Waals surface area contributed by atoms with Crippen LogP contribution in [0, 0.1) is 0 Å². The zero-order valence-electron chi connectivity index (χ0n) is 18.8. The van der Waals surface area contributed by atoms with Gasteiger partial charge in [0.05, 0.1) is 5.41 Å². The number of fused-ring (bicyclic) bond motifs is 8. The molecule has 0 bridgehead atoms. The highest BCUT2D eigenvalue weighted by Crippen LogP contribution is 2.56. The molecular weight excluding hydrogens is 428 g/mol. The van der Waals surface area contributed by atoms with Crippen LogP contribution in [0.1, 0.15) is 22.3 Å². The fraction of sp³-hybridized carbons (Fsp3) is 0.0303. The van der Waals surface area contributed by atoms with Gasteiger partial charge in [0.15, 0.2) is 0 Å². The summed E-state index contributed by atoms with van der Waals surface area (Å²) in [5, 5.41) is 31.5. The van der Waals surface area contributed by atoms with Gasteiger partial charge in [-0.25, -0.2) is 0 Å². The van der Waals surface area contributed by atoms with Crippen LogP contribution in [0.3, 0.4) is 0 Å². The maximum atomic E-state index is 11.7. The van der Waals surface area contributed by atoms with E-state index in [1.165, 1.54) is 0 Å². The van der Waals surface area contributed by atoms with Crippen LogP contribution in [-0.4, -0.2) is 10.2 Å². The first kappa shape index (κ1) is 18.8. The number of phenols is 2.